The molecular weight excluding hydrogens is 222 g/mol. The fraction of sp³-hybridized carbons (Fsp3) is 0.583. The van der Waals surface area contributed by atoms with Gasteiger partial charge in [-0.3, -0.25) is 14.5 Å². The molecule has 2 rings (SSSR count). The highest BCUT2D eigenvalue weighted by molar-refractivity contribution is 6.05. The average molecular weight is 236 g/mol. The summed E-state index contributed by atoms with van der Waals surface area (Å²) in [6.45, 7) is 1.88. The van der Waals surface area contributed by atoms with Crippen molar-refractivity contribution >= 4 is 17.8 Å². The number of allylic oxidation sites excluding steroid dienone is 2. The number of carboxylic acid groups (broad SMARTS) is 1. The lowest BCUT2D eigenvalue weighted by Crippen LogP contribution is -2.35. The second-order valence-electron chi connectivity index (χ2n) is 4.65. The largest absolute Gasteiger partial charge is 0.550 e. The van der Waals surface area contributed by atoms with Gasteiger partial charge in [-0.1, -0.05) is 11.6 Å². The summed E-state index contributed by atoms with van der Waals surface area (Å²) in [6, 6.07) is 0. The summed E-state index contributed by atoms with van der Waals surface area (Å²) in [4.78, 5) is 35.4. The van der Waals surface area contributed by atoms with E-state index in [-0.39, 0.29) is 36.6 Å². The van der Waals surface area contributed by atoms with Gasteiger partial charge in [-0.25, -0.2) is 0 Å². The van der Waals surface area contributed by atoms with E-state index < -0.39 is 5.97 Å². The molecule has 1 saturated heterocycles. The molecule has 0 aromatic carbocycles. The number of carbonyl (C=O) groups is 3. The maximum Gasteiger partial charge on any atom is 0.233 e. The van der Waals surface area contributed by atoms with Gasteiger partial charge in [0.2, 0.25) is 11.8 Å². The van der Waals surface area contributed by atoms with E-state index >= 15 is 0 Å². The normalized spacial score (nSPS) is 28.1. The molecule has 0 aromatic heterocycles. The standard InChI is InChI=1S/C12H15NO4/c1-7-2-3-8-9(6-7)12(17)13(11(8)16)5-4-10(14)15/h2,8-9H,3-6H2,1H3,(H,14,15)/p-1/t8-,9-/m0/s1. The summed E-state index contributed by atoms with van der Waals surface area (Å²) >= 11 is 0. The van der Waals surface area contributed by atoms with Crippen LogP contribution in [-0.4, -0.2) is 29.2 Å². The van der Waals surface area contributed by atoms with E-state index in [0.717, 1.165) is 10.5 Å². The molecule has 0 saturated carbocycles. The molecule has 1 aliphatic carbocycles. The Hall–Kier alpha value is -1.65. The van der Waals surface area contributed by atoms with Crippen molar-refractivity contribution in [3.8, 4) is 0 Å². The number of hydrogen-bond acceptors (Lipinski definition) is 4. The smallest absolute Gasteiger partial charge is 0.233 e. The molecule has 0 unspecified atom stereocenters. The molecule has 2 amide bonds. The van der Waals surface area contributed by atoms with Gasteiger partial charge in [0, 0.05) is 18.9 Å². The summed E-state index contributed by atoms with van der Waals surface area (Å²) in [5, 5.41) is 10.4. The Bertz CT molecular complexity index is 413. The van der Waals surface area contributed by atoms with Gasteiger partial charge < -0.3 is 9.90 Å². The van der Waals surface area contributed by atoms with Gasteiger partial charge in [0.1, 0.15) is 0 Å². The number of imide groups is 1. The van der Waals surface area contributed by atoms with Gasteiger partial charge in [-0.15, -0.1) is 0 Å². The Morgan fingerprint density at radius 3 is 2.71 bits per heavy atom. The molecule has 0 spiro atoms. The lowest BCUT2D eigenvalue weighted by atomic mass is 9.82. The van der Waals surface area contributed by atoms with E-state index in [1.807, 2.05) is 13.0 Å². The molecule has 0 aromatic rings. The van der Waals surface area contributed by atoms with Crippen molar-refractivity contribution < 1.29 is 19.5 Å². The zero-order chi connectivity index (χ0) is 12.6. The molecule has 1 heterocycles. The SMILES string of the molecule is CC1=CC[C@@H]2C(=O)N(CCC(=O)[O-])C(=O)[C@H]2C1. The van der Waals surface area contributed by atoms with Crippen LogP contribution >= 0.6 is 0 Å². The number of likely N-dealkylation sites (tertiary alicyclic amines) is 1. The van der Waals surface area contributed by atoms with Crippen LogP contribution in [0.1, 0.15) is 26.2 Å². The van der Waals surface area contributed by atoms with Crippen molar-refractivity contribution in [2.75, 3.05) is 6.54 Å². The molecule has 0 bridgehead atoms. The lowest BCUT2D eigenvalue weighted by Gasteiger charge is -2.19. The molecular formula is C12H14NO4-. The zero-order valence-electron chi connectivity index (χ0n) is 9.64. The van der Waals surface area contributed by atoms with E-state index in [1.54, 1.807) is 0 Å². The Labute approximate surface area is 99.1 Å². The molecule has 5 nitrogen and oxygen atoms in total. The quantitative estimate of drug-likeness (QED) is 0.487. The molecule has 0 radical (unpaired) electrons. The van der Waals surface area contributed by atoms with Crippen LogP contribution in [-0.2, 0) is 14.4 Å². The van der Waals surface area contributed by atoms with Crippen LogP contribution < -0.4 is 5.11 Å². The molecule has 1 fully saturated rings. The van der Waals surface area contributed by atoms with Crippen LogP contribution in [0.15, 0.2) is 11.6 Å². The summed E-state index contributed by atoms with van der Waals surface area (Å²) in [6.07, 6.45) is 2.89. The Morgan fingerprint density at radius 2 is 2.06 bits per heavy atom. The van der Waals surface area contributed by atoms with Gasteiger partial charge in [0.25, 0.3) is 0 Å². The molecule has 2 atom stereocenters. The highest BCUT2D eigenvalue weighted by Gasteiger charge is 2.47. The van der Waals surface area contributed by atoms with Gasteiger partial charge >= 0.3 is 0 Å². The lowest BCUT2D eigenvalue weighted by molar-refractivity contribution is -0.305. The van der Waals surface area contributed by atoms with E-state index in [9.17, 15) is 19.5 Å². The maximum atomic E-state index is 12.0. The Balaban J connectivity index is 2.11. The van der Waals surface area contributed by atoms with E-state index in [0.29, 0.717) is 12.8 Å². The van der Waals surface area contributed by atoms with Crippen LogP contribution in [0, 0.1) is 11.8 Å². The maximum absolute atomic E-state index is 12.0. The van der Waals surface area contributed by atoms with Crippen molar-refractivity contribution in [1.29, 1.82) is 0 Å². The topological polar surface area (TPSA) is 77.5 Å². The monoisotopic (exact) mass is 236 g/mol. The second-order valence-corrected chi connectivity index (χ2v) is 4.65. The minimum Gasteiger partial charge on any atom is -0.550 e. The fourth-order valence-electron chi connectivity index (χ4n) is 2.53. The first-order chi connectivity index (χ1) is 8.00. The summed E-state index contributed by atoms with van der Waals surface area (Å²) < 4.78 is 0. The zero-order valence-corrected chi connectivity index (χ0v) is 9.64. The fourth-order valence-corrected chi connectivity index (χ4v) is 2.53. The van der Waals surface area contributed by atoms with E-state index in [1.165, 1.54) is 0 Å². The van der Waals surface area contributed by atoms with Gasteiger partial charge in [0.15, 0.2) is 0 Å². The number of nitrogens with zero attached hydrogens (tertiary/aromatic N) is 1. The first-order valence-electron chi connectivity index (χ1n) is 5.71. The minimum absolute atomic E-state index is 0.0634. The first kappa shape index (κ1) is 11.8. The predicted octanol–water partition coefficient (Wildman–Crippen LogP) is -0.532. The number of aliphatic carboxylic acids is 1. The number of carbonyl (C=O) groups excluding carboxylic acids is 3. The number of carboxylic acids is 1. The predicted molar refractivity (Wildman–Crippen MR) is 56.3 cm³/mol. The summed E-state index contributed by atoms with van der Waals surface area (Å²) in [5.41, 5.74) is 1.12. The number of hydrogen-bond donors (Lipinski definition) is 0. The minimum atomic E-state index is -1.24. The van der Waals surface area contributed by atoms with Gasteiger partial charge in [0.05, 0.1) is 11.8 Å². The van der Waals surface area contributed by atoms with E-state index in [4.69, 9.17) is 0 Å². The third-order valence-electron chi connectivity index (χ3n) is 3.45. The van der Waals surface area contributed by atoms with Crippen LogP contribution in [0.2, 0.25) is 0 Å². The summed E-state index contributed by atoms with van der Waals surface area (Å²) in [5.74, 6) is -2.27. The van der Waals surface area contributed by atoms with Crippen molar-refractivity contribution in [2.45, 2.75) is 26.2 Å². The van der Waals surface area contributed by atoms with Crippen LogP contribution in [0.4, 0.5) is 0 Å². The highest BCUT2D eigenvalue weighted by Crippen LogP contribution is 2.37. The van der Waals surface area contributed by atoms with Crippen molar-refractivity contribution in [3.05, 3.63) is 11.6 Å². The first-order valence-corrected chi connectivity index (χ1v) is 5.71. The van der Waals surface area contributed by atoms with Crippen LogP contribution in [0.25, 0.3) is 0 Å². The number of rotatable bonds is 3. The van der Waals surface area contributed by atoms with Crippen LogP contribution in [0.5, 0.6) is 0 Å². The Morgan fingerprint density at radius 1 is 1.41 bits per heavy atom. The van der Waals surface area contributed by atoms with Crippen molar-refractivity contribution in [1.82, 2.24) is 4.90 Å². The third-order valence-corrected chi connectivity index (χ3v) is 3.45. The summed E-state index contributed by atoms with van der Waals surface area (Å²) in [7, 11) is 0. The van der Waals surface area contributed by atoms with Crippen LogP contribution in [0.3, 0.4) is 0 Å². The van der Waals surface area contributed by atoms with Gasteiger partial charge in [-0.2, -0.15) is 0 Å². The van der Waals surface area contributed by atoms with Crippen molar-refractivity contribution in [3.63, 3.8) is 0 Å². The average Bonchev–Trinajstić information content (AvgIpc) is 2.49. The molecule has 0 N–H and O–H groups in total. The molecule has 1 aliphatic heterocycles. The molecule has 5 heteroatoms. The number of amides is 2. The molecule has 17 heavy (non-hydrogen) atoms. The molecule has 92 valence electrons. The van der Waals surface area contributed by atoms with Gasteiger partial charge in [-0.05, 0) is 19.8 Å². The second kappa shape index (κ2) is 4.31. The Kier molecular flexibility index (Phi) is 3.00. The third kappa shape index (κ3) is 2.09. The van der Waals surface area contributed by atoms with E-state index in [2.05, 4.69) is 0 Å². The highest BCUT2D eigenvalue weighted by atomic mass is 16.4. The number of fused-ring (bicyclic) bond motifs is 1. The van der Waals surface area contributed by atoms with Crippen molar-refractivity contribution in [2.24, 2.45) is 11.8 Å². The molecule has 2 aliphatic rings.